The Kier molecular flexibility index (Phi) is 6.61. The molecule has 0 atom stereocenters. The number of amides is 2. The number of fused-ring (bicyclic) bond motifs is 1. The van der Waals surface area contributed by atoms with E-state index in [1.54, 1.807) is 53.4 Å². The highest BCUT2D eigenvalue weighted by Gasteiger charge is 2.21. The Bertz CT molecular complexity index is 1120. The van der Waals surface area contributed by atoms with Crippen molar-refractivity contribution in [3.63, 3.8) is 0 Å². The molecule has 0 aliphatic rings. The Balaban J connectivity index is 1.84. The topological polar surface area (TPSA) is 95.2 Å². The average molecular weight is 406 g/mol. The number of H-pyrrole nitrogens is 1. The normalized spacial score (nSPS) is 10.9. The maximum Gasteiger partial charge on any atom is 0.272 e. The number of aromatic nitrogens is 2. The second kappa shape index (κ2) is 9.35. The lowest BCUT2D eigenvalue weighted by molar-refractivity contribution is -0.115. The van der Waals surface area contributed by atoms with E-state index in [0.29, 0.717) is 34.3 Å². The van der Waals surface area contributed by atoms with Crippen LogP contribution in [0.15, 0.2) is 53.3 Å². The zero-order chi connectivity index (χ0) is 21.7. The van der Waals surface area contributed by atoms with Crippen LogP contribution in [0.2, 0.25) is 0 Å². The predicted molar refractivity (Wildman–Crippen MR) is 118 cm³/mol. The molecule has 2 N–H and O–H groups in total. The number of carbonyl (C=O) groups is 2. The van der Waals surface area contributed by atoms with Gasteiger partial charge in [-0.15, -0.1) is 0 Å². The molecule has 3 aromatic rings. The van der Waals surface area contributed by atoms with E-state index in [1.807, 2.05) is 20.8 Å². The van der Waals surface area contributed by atoms with Gasteiger partial charge in [-0.25, -0.2) is 5.10 Å². The summed E-state index contributed by atoms with van der Waals surface area (Å²) < 4.78 is 0. The number of nitrogens with zero attached hydrogens (tertiary/aromatic N) is 2. The van der Waals surface area contributed by atoms with Crippen LogP contribution >= 0.6 is 0 Å². The number of hydrogen-bond donors (Lipinski definition) is 2. The molecule has 0 saturated carbocycles. The first-order chi connectivity index (χ1) is 14.4. The first-order valence-corrected chi connectivity index (χ1v) is 10.1. The van der Waals surface area contributed by atoms with Crippen molar-refractivity contribution in [3.8, 4) is 0 Å². The van der Waals surface area contributed by atoms with Crippen molar-refractivity contribution in [2.45, 2.75) is 39.7 Å². The quantitative estimate of drug-likeness (QED) is 0.629. The van der Waals surface area contributed by atoms with Gasteiger partial charge < -0.3 is 10.2 Å². The van der Waals surface area contributed by atoms with Gasteiger partial charge in [0.05, 0.1) is 28.8 Å². The Morgan fingerprint density at radius 2 is 1.73 bits per heavy atom. The molecule has 7 heteroatoms. The molecular weight excluding hydrogens is 380 g/mol. The fourth-order valence-electron chi connectivity index (χ4n) is 3.42. The van der Waals surface area contributed by atoms with Crippen LogP contribution in [-0.4, -0.2) is 39.5 Å². The Hall–Kier alpha value is -3.48. The fraction of sp³-hybridized carbons (Fsp3) is 0.304. The maximum atomic E-state index is 13.1. The average Bonchev–Trinajstić information content (AvgIpc) is 2.74. The van der Waals surface area contributed by atoms with Gasteiger partial charge in [0.2, 0.25) is 5.91 Å². The molecule has 0 spiro atoms. The molecule has 0 unspecified atom stereocenters. The fourth-order valence-corrected chi connectivity index (χ4v) is 3.42. The second-order valence-electron chi connectivity index (χ2n) is 7.41. The molecule has 0 aliphatic carbocycles. The lowest BCUT2D eigenvalue weighted by Gasteiger charge is -2.27. The molecular formula is C23H26N4O3. The van der Waals surface area contributed by atoms with Gasteiger partial charge in [0.25, 0.3) is 11.5 Å². The van der Waals surface area contributed by atoms with Crippen molar-refractivity contribution in [2.24, 2.45) is 0 Å². The maximum absolute atomic E-state index is 13.1. The summed E-state index contributed by atoms with van der Waals surface area (Å²) in [6, 6.07) is 14.1. The van der Waals surface area contributed by atoms with E-state index in [0.717, 1.165) is 6.42 Å². The molecule has 30 heavy (non-hydrogen) atoms. The van der Waals surface area contributed by atoms with Crippen molar-refractivity contribution in [1.29, 1.82) is 0 Å². The van der Waals surface area contributed by atoms with E-state index in [-0.39, 0.29) is 29.8 Å². The summed E-state index contributed by atoms with van der Waals surface area (Å²) in [5.74, 6) is -0.429. The summed E-state index contributed by atoms with van der Waals surface area (Å²) >= 11 is 0. The number of carbonyl (C=O) groups excluding carboxylic acids is 2. The molecule has 7 nitrogen and oxygen atoms in total. The SMILES string of the molecule is CCCN(C(=O)c1ccccc1NC(=O)Cc1n[nH]c(=O)c2ccccc12)C(C)C. The Morgan fingerprint density at radius 3 is 2.43 bits per heavy atom. The minimum Gasteiger partial charge on any atom is -0.336 e. The highest BCUT2D eigenvalue weighted by Crippen LogP contribution is 2.20. The second-order valence-corrected chi connectivity index (χ2v) is 7.41. The summed E-state index contributed by atoms with van der Waals surface area (Å²) in [4.78, 5) is 39.6. The smallest absolute Gasteiger partial charge is 0.272 e. The summed E-state index contributed by atoms with van der Waals surface area (Å²) in [6.45, 7) is 6.62. The molecule has 2 amide bonds. The third-order valence-corrected chi connectivity index (χ3v) is 4.88. The number of aromatic amines is 1. The molecule has 0 saturated heterocycles. The third-order valence-electron chi connectivity index (χ3n) is 4.88. The molecule has 0 bridgehead atoms. The molecule has 3 rings (SSSR count). The van der Waals surface area contributed by atoms with E-state index in [1.165, 1.54) is 0 Å². The van der Waals surface area contributed by atoms with E-state index in [4.69, 9.17) is 0 Å². The van der Waals surface area contributed by atoms with Crippen LogP contribution in [0.1, 0.15) is 43.2 Å². The van der Waals surface area contributed by atoms with Gasteiger partial charge in [-0.05, 0) is 38.5 Å². The minimum absolute atomic E-state index is 0.0251. The molecule has 0 fully saturated rings. The van der Waals surface area contributed by atoms with Crippen molar-refractivity contribution >= 4 is 28.3 Å². The van der Waals surface area contributed by atoms with Crippen molar-refractivity contribution in [1.82, 2.24) is 15.1 Å². The van der Waals surface area contributed by atoms with Gasteiger partial charge in [-0.3, -0.25) is 14.4 Å². The molecule has 156 valence electrons. The van der Waals surface area contributed by atoms with Crippen LogP contribution in [0.5, 0.6) is 0 Å². The molecule has 1 aromatic heterocycles. The summed E-state index contributed by atoms with van der Waals surface area (Å²) in [6.07, 6.45) is 0.825. The van der Waals surface area contributed by atoms with Crippen molar-refractivity contribution < 1.29 is 9.59 Å². The Morgan fingerprint density at radius 1 is 1.07 bits per heavy atom. The number of para-hydroxylation sites is 1. The molecule has 0 aliphatic heterocycles. The van der Waals surface area contributed by atoms with Crippen LogP contribution in [0.3, 0.4) is 0 Å². The number of rotatable bonds is 7. The monoisotopic (exact) mass is 406 g/mol. The lowest BCUT2D eigenvalue weighted by Crippen LogP contribution is -2.38. The van der Waals surface area contributed by atoms with Gasteiger partial charge in [-0.2, -0.15) is 5.10 Å². The Labute approximate surface area is 175 Å². The van der Waals surface area contributed by atoms with Crippen molar-refractivity contribution in [2.75, 3.05) is 11.9 Å². The number of nitrogens with one attached hydrogen (secondary N) is 2. The standard InChI is InChI=1S/C23H26N4O3/c1-4-13-27(15(2)3)23(30)18-11-7-8-12-19(18)24-21(28)14-20-16-9-5-6-10-17(16)22(29)26-25-20/h5-12,15H,4,13-14H2,1-3H3,(H,24,28)(H,26,29). The lowest BCUT2D eigenvalue weighted by atomic mass is 10.1. The first-order valence-electron chi connectivity index (χ1n) is 10.1. The van der Waals surface area contributed by atoms with Crippen LogP contribution < -0.4 is 10.9 Å². The van der Waals surface area contributed by atoms with Crippen LogP contribution in [0.25, 0.3) is 10.8 Å². The van der Waals surface area contributed by atoms with E-state index in [9.17, 15) is 14.4 Å². The molecule has 0 radical (unpaired) electrons. The van der Waals surface area contributed by atoms with Gasteiger partial charge >= 0.3 is 0 Å². The summed E-state index contributed by atoms with van der Waals surface area (Å²) in [5, 5.41) is 10.4. The first kappa shape index (κ1) is 21.2. The van der Waals surface area contributed by atoms with Gasteiger partial charge in [0.1, 0.15) is 0 Å². The van der Waals surface area contributed by atoms with Crippen molar-refractivity contribution in [3.05, 3.63) is 70.1 Å². The van der Waals surface area contributed by atoms with E-state index in [2.05, 4.69) is 15.5 Å². The van der Waals surface area contributed by atoms with Gasteiger partial charge in [0.15, 0.2) is 0 Å². The third kappa shape index (κ3) is 4.56. The number of hydrogen-bond acceptors (Lipinski definition) is 4. The molecule has 2 aromatic carbocycles. The number of benzene rings is 2. The van der Waals surface area contributed by atoms with Crippen LogP contribution in [-0.2, 0) is 11.2 Å². The van der Waals surface area contributed by atoms with Crippen LogP contribution in [0.4, 0.5) is 5.69 Å². The van der Waals surface area contributed by atoms with Gasteiger partial charge in [0, 0.05) is 18.0 Å². The van der Waals surface area contributed by atoms with E-state index >= 15 is 0 Å². The summed E-state index contributed by atoms with van der Waals surface area (Å²) in [7, 11) is 0. The number of anilines is 1. The highest BCUT2D eigenvalue weighted by atomic mass is 16.2. The minimum atomic E-state index is -0.313. The highest BCUT2D eigenvalue weighted by molar-refractivity contribution is 6.04. The van der Waals surface area contributed by atoms with E-state index < -0.39 is 0 Å². The van der Waals surface area contributed by atoms with Crippen LogP contribution in [0, 0.1) is 0 Å². The molecule has 1 heterocycles. The summed E-state index contributed by atoms with van der Waals surface area (Å²) in [5.41, 5.74) is 1.09. The largest absolute Gasteiger partial charge is 0.336 e. The predicted octanol–water partition coefficient (Wildman–Crippen LogP) is 3.36. The zero-order valence-electron chi connectivity index (χ0n) is 17.4. The van der Waals surface area contributed by atoms with Gasteiger partial charge in [-0.1, -0.05) is 37.3 Å². The zero-order valence-corrected chi connectivity index (χ0v) is 17.4.